The number of carbonyl (C=O) groups excluding carboxylic acids is 1. The van der Waals surface area contributed by atoms with Gasteiger partial charge in [-0.05, 0) is 31.5 Å². The predicted molar refractivity (Wildman–Crippen MR) is 93.6 cm³/mol. The molecule has 4 nitrogen and oxygen atoms in total. The first kappa shape index (κ1) is 16.9. The second kappa shape index (κ2) is 8.83. The van der Waals surface area contributed by atoms with Crippen LogP contribution >= 0.6 is 0 Å². The van der Waals surface area contributed by atoms with Crippen LogP contribution in [0.4, 0.5) is 5.69 Å². The van der Waals surface area contributed by atoms with Crippen molar-refractivity contribution in [3.05, 3.63) is 60.2 Å². The highest BCUT2D eigenvalue weighted by Crippen LogP contribution is 2.24. The van der Waals surface area contributed by atoms with Crippen LogP contribution in [0.5, 0.6) is 5.75 Å². The second-order valence-electron chi connectivity index (χ2n) is 5.19. The van der Waals surface area contributed by atoms with Crippen LogP contribution in [0.3, 0.4) is 0 Å². The van der Waals surface area contributed by atoms with Gasteiger partial charge in [-0.15, -0.1) is 0 Å². The molecule has 0 aliphatic rings. The molecule has 122 valence electrons. The molecule has 0 radical (unpaired) electrons. The number of benzene rings is 2. The number of likely N-dealkylation sites (N-methyl/N-ethyl adjacent to an activating group) is 1. The number of hydrogen-bond donors (Lipinski definition) is 1. The fourth-order valence-electron chi connectivity index (χ4n) is 2.33. The highest BCUT2D eigenvalue weighted by molar-refractivity contribution is 5.81. The first-order valence-electron chi connectivity index (χ1n) is 8.02. The van der Waals surface area contributed by atoms with Gasteiger partial charge in [0.2, 0.25) is 5.91 Å². The zero-order chi connectivity index (χ0) is 16.5. The van der Waals surface area contributed by atoms with Gasteiger partial charge in [0, 0.05) is 13.1 Å². The summed E-state index contributed by atoms with van der Waals surface area (Å²) in [6, 6.07) is 17.7. The monoisotopic (exact) mass is 312 g/mol. The Morgan fingerprint density at radius 3 is 2.35 bits per heavy atom. The van der Waals surface area contributed by atoms with Crippen molar-refractivity contribution >= 4 is 11.6 Å². The maximum Gasteiger partial charge on any atom is 0.241 e. The SMILES string of the molecule is CCN(CC)C(=O)CNc1ccccc1OCc1ccccc1. The molecule has 0 heterocycles. The summed E-state index contributed by atoms with van der Waals surface area (Å²) in [5, 5.41) is 3.18. The van der Waals surface area contributed by atoms with Crippen molar-refractivity contribution in [2.24, 2.45) is 0 Å². The Balaban J connectivity index is 1.96. The Hall–Kier alpha value is -2.49. The number of para-hydroxylation sites is 2. The van der Waals surface area contributed by atoms with E-state index in [0.717, 1.165) is 30.1 Å². The fourth-order valence-corrected chi connectivity index (χ4v) is 2.33. The number of rotatable bonds is 8. The molecule has 2 rings (SSSR count). The van der Waals surface area contributed by atoms with E-state index in [9.17, 15) is 4.79 Å². The van der Waals surface area contributed by atoms with Gasteiger partial charge in [-0.1, -0.05) is 42.5 Å². The van der Waals surface area contributed by atoms with E-state index in [-0.39, 0.29) is 12.5 Å². The Kier molecular flexibility index (Phi) is 6.48. The third-order valence-corrected chi connectivity index (χ3v) is 3.67. The van der Waals surface area contributed by atoms with Gasteiger partial charge in [0.05, 0.1) is 12.2 Å². The van der Waals surface area contributed by atoms with Crippen molar-refractivity contribution in [3.8, 4) is 5.75 Å². The van der Waals surface area contributed by atoms with Crippen LogP contribution in [-0.4, -0.2) is 30.4 Å². The van der Waals surface area contributed by atoms with Crippen LogP contribution < -0.4 is 10.1 Å². The van der Waals surface area contributed by atoms with E-state index in [1.165, 1.54) is 0 Å². The molecular formula is C19H24N2O2. The summed E-state index contributed by atoms with van der Waals surface area (Å²) >= 11 is 0. The van der Waals surface area contributed by atoms with E-state index in [4.69, 9.17) is 4.74 Å². The number of nitrogens with one attached hydrogen (secondary N) is 1. The smallest absolute Gasteiger partial charge is 0.241 e. The molecule has 0 spiro atoms. The van der Waals surface area contributed by atoms with E-state index >= 15 is 0 Å². The number of amides is 1. The van der Waals surface area contributed by atoms with Gasteiger partial charge in [0.15, 0.2) is 0 Å². The highest BCUT2D eigenvalue weighted by atomic mass is 16.5. The average molecular weight is 312 g/mol. The Morgan fingerprint density at radius 2 is 1.65 bits per heavy atom. The Labute approximate surface area is 138 Å². The molecule has 0 fully saturated rings. The van der Waals surface area contributed by atoms with E-state index in [1.807, 2.05) is 68.4 Å². The van der Waals surface area contributed by atoms with E-state index in [2.05, 4.69) is 5.32 Å². The van der Waals surface area contributed by atoms with Gasteiger partial charge in [-0.3, -0.25) is 4.79 Å². The van der Waals surface area contributed by atoms with Crippen LogP contribution in [0, 0.1) is 0 Å². The first-order chi connectivity index (χ1) is 11.2. The van der Waals surface area contributed by atoms with E-state index in [0.29, 0.717) is 6.61 Å². The average Bonchev–Trinajstić information content (AvgIpc) is 2.61. The number of hydrogen-bond acceptors (Lipinski definition) is 3. The lowest BCUT2D eigenvalue weighted by atomic mass is 10.2. The predicted octanol–water partition coefficient (Wildman–Crippen LogP) is 3.55. The molecule has 0 aliphatic carbocycles. The van der Waals surface area contributed by atoms with E-state index in [1.54, 1.807) is 4.90 Å². The molecule has 2 aromatic rings. The maximum atomic E-state index is 12.1. The molecule has 0 aliphatic heterocycles. The lowest BCUT2D eigenvalue weighted by Crippen LogP contribution is -2.35. The standard InChI is InChI=1S/C19H24N2O2/c1-3-21(4-2)19(22)14-20-17-12-8-9-13-18(17)23-15-16-10-6-5-7-11-16/h5-13,20H,3-4,14-15H2,1-2H3. The first-order valence-corrected chi connectivity index (χ1v) is 8.02. The summed E-state index contributed by atoms with van der Waals surface area (Å²) in [5.74, 6) is 0.844. The lowest BCUT2D eigenvalue weighted by molar-refractivity contribution is -0.128. The number of carbonyl (C=O) groups is 1. The lowest BCUT2D eigenvalue weighted by Gasteiger charge is -2.20. The van der Waals surface area contributed by atoms with Gasteiger partial charge in [-0.25, -0.2) is 0 Å². The molecule has 0 saturated heterocycles. The van der Waals surface area contributed by atoms with Crippen LogP contribution in [0.25, 0.3) is 0 Å². The van der Waals surface area contributed by atoms with Crippen LogP contribution in [0.2, 0.25) is 0 Å². The maximum absolute atomic E-state index is 12.1. The Morgan fingerprint density at radius 1 is 1.00 bits per heavy atom. The molecule has 1 N–H and O–H groups in total. The van der Waals surface area contributed by atoms with Gasteiger partial charge in [0.1, 0.15) is 12.4 Å². The molecule has 1 amide bonds. The number of anilines is 1. The van der Waals surface area contributed by atoms with Gasteiger partial charge in [-0.2, -0.15) is 0 Å². The zero-order valence-electron chi connectivity index (χ0n) is 13.8. The Bertz CT molecular complexity index is 610. The van der Waals surface area contributed by atoms with Crippen LogP contribution in [0.1, 0.15) is 19.4 Å². The molecule has 0 aromatic heterocycles. The van der Waals surface area contributed by atoms with Gasteiger partial charge >= 0.3 is 0 Å². The minimum atomic E-state index is 0.0906. The van der Waals surface area contributed by atoms with Crippen molar-refractivity contribution < 1.29 is 9.53 Å². The number of nitrogens with zero attached hydrogens (tertiary/aromatic N) is 1. The molecule has 0 saturated carbocycles. The van der Waals surface area contributed by atoms with Crippen LogP contribution in [0.15, 0.2) is 54.6 Å². The summed E-state index contributed by atoms with van der Waals surface area (Å²) in [6.45, 7) is 6.19. The largest absolute Gasteiger partial charge is 0.487 e. The van der Waals surface area contributed by atoms with E-state index < -0.39 is 0 Å². The molecule has 23 heavy (non-hydrogen) atoms. The van der Waals surface area contributed by atoms with Crippen molar-refractivity contribution in [1.29, 1.82) is 0 Å². The summed E-state index contributed by atoms with van der Waals surface area (Å²) in [6.07, 6.45) is 0. The van der Waals surface area contributed by atoms with Gasteiger partial charge in [0.25, 0.3) is 0 Å². The normalized spacial score (nSPS) is 10.2. The molecule has 0 bridgehead atoms. The van der Waals surface area contributed by atoms with Crippen molar-refractivity contribution in [2.45, 2.75) is 20.5 Å². The topological polar surface area (TPSA) is 41.6 Å². The minimum absolute atomic E-state index is 0.0906. The van der Waals surface area contributed by atoms with Crippen molar-refractivity contribution in [2.75, 3.05) is 25.0 Å². The minimum Gasteiger partial charge on any atom is -0.487 e. The van der Waals surface area contributed by atoms with Gasteiger partial charge < -0.3 is 15.0 Å². The number of ether oxygens (including phenoxy) is 1. The third-order valence-electron chi connectivity index (χ3n) is 3.67. The molecule has 2 aromatic carbocycles. The highest BCUT2D eigenvalue weighted by Gasteiger charge is 2.10. The quantitative estimate of drug-likeness (QED) is 0.810. The third kappa shape index (κ3) is 5.02. The second-order valence-corrected chi connectivity index (χ2v) is 5.19. The molecule has 0 atom stereocenters. The zero-order valence-corrected chi connectivity index (χ0v) is 13.8. The van der Waals surface area contributed by atoms with Crippen molar-refractivity contribution in [3.63, 3.8) is 0 Å². The summed E-state index contributed by atoms with van der Waals surface area (Å²) in [4.78, 5) is 13.9. The molecule has 4 heteroatoms. The molecule has 0 unspecified atom stereocenters. The molecular weight excluding hydrogens is 288 g/mol. The summed E-state index contributed by atoms with van der Waals surface area (Å²) in [5.41, 5.74) is 1.95. The summed E-state index contributed by atoms with van der Waals surface area (Å²) < 4.78 is 5.88. The fraction of sp³-hybridized carbons (Fsp3) is 0.316. The van der Waals surface area contributed by atoms with Crippen LogP contribution in [-0.2, 0) is 11.4 Å². The van der Waals surface area contributed by atoms with Crippen molar-refractivity contribution in [1.82, 2.24) is 4.90 Å². The summed E-state index contributed by atoms with van der Waals surface area (Å²) in [7, 11) is 0.